The summed E-state index contributed by atoms with van der Waals surface area (Å²) in [5.74, 6) is 0.134. The molecule has 1 unspecified atom stereocenters. The van der Waals surface area contributed by atoms with E-state index >= 15 is 0 Å². The van der Waals surface area contributed by atoms with Crippen molar-refractivity contribution in [2.75, 3.05) is 12.5 Å². The van der Waals surface area contributed by atoms with Crippen molar-refractivity contribution < 1.29 is 9.50 Å². The molecule has 1 aromatic carbocycles. The quantitative estimate of drug-likeness (QED) is 0.622. The average Bonchev–Trinajstić information content (AvgIpc) is 2.17. The molecule has 0 aromatic heterocycles. The minimum atomic E-state index is -0.254. The van der Waals surface area contributed by atoms with Crippen LogP contribution in [0.15, 0.2) is 29.2 Å². The maximum absolute atomic E-state index is 12.5. The molecule has 0 bridgehead atoms. The maximum atomic E-state index is 12.5. The molecule has 1 aromatic rings. The number of hydrogen-bond acceptors (Lipinski definition) is 2. The zero-order chi connectivity index (χ0) is 9.68. The molecule has 72 valence electrons. The summed E-state index contributed by atoms with van der Waals surface area (Å²) in [5, 5.41) is 8.84. The van der Waals surface area contributed by atoms with E-state index in [1.165, 1.54) is 23.9 Å². The second-order valence-corrected chi connectivity index (χ2v) is 4.21. The highest BCUT2D eigenvalue weighted by molar-refractivity contribution is 8.00. The summed E-state index contributed by atoms with van der Waals surface area (Å²) in [6.45, 7) is 0.0333. The van der Waals surface area contributed by atoms with Crippen molar-refractivity contribution in [2.45, 2.75) is 10.1 Å². The van der Waals surface area contributed by atoms with Gasteiger partial charge in [0, 0.05) is 16.0 Å². The van der Waals surface area contributed by atoms with Gasteiger partial charge in [0.2, 0.25) is 0 Å². The standard InChI is InChI=1S/C9H10ClFOS/c10-5-9(6-12)13-8-3-1-7(11)2-4-8/h1-4,9,12H,5-6H2. The average molecular weight is 221 g/mol. The first-order valence-corrected chi connectivity index (χ1v) is 5.26. The minimum Gasteiger partial charge on any atom is -0.395 e. The lowest BCUT2D eigenvalue weighted by Crippen LogP contribution is -2.09. The van der Waals surface area contributed by atoms with Crippen LogP contribution in [0.2, 0.25) is 0 Å². The van der Waals surface area contributed by atoms with Gasteiger partial charge in [-0.1, -0.05) is 0 Å². The zero-order valence-electron chi connectivity index (χ0n) is 6.91. The number of halogens is 2. The molecule has 0 aliphatic rings. The molecule has 0 saturated heterocycles. The molecule has 0 spiro atoms. The third kappa shape index (κ3) is 3.55. The molecule has 0 amide bonds. The van der Waals surface area contributed by atoms with E-state index < -0.39 is 0 Å². The maximum Gasteiger partial charge on any atom is 0.123 e. The number of alkyl halides is 1. The molecular formula is C9H10ClFOS. The predicted octanol–water partition coefficient (Wildman–Crippen LogP) is 2.52. The van der Waals surface area contributed by atoms with E-state index in [0.29, 0.717) is 5.88 Å². The van der Waals surface area contributed by atoms with Gasteiger partial charge in [0.15, 0.2) is 0 Å². The Bertz CT molecular complexity index is 248. The van der Waals surface area contributed by atoms with Gasteiger partial charge in [0.1, 0.15) is 5.82 Å². The number of hydrogen-bond donors (Lipinski definition) is 1. The van der Waals surface area contributed by atoms with Crippen molar-refractivity contribution in [3.8, 4) is 0 Å². The Kier molecular flexibility index (Phi) is 4.56. The van der Waals surface area contributed by atoms with Gasteiger partial charge in [-0.2, -0.15) is 0 Å². The number of rotatable bonds is 4. The Morgan fingerprint density at radius 3 is 2.46 bits per heavy atom. The molecule has 0 fully saturated rings. The van der Waals surface area contributed by atoms with E-state index in [-0.39, 0.29) is 17.7 Å². The number of aliphatic hydroxyl groups excluding tert-OH is 1. The number of benzene rings is 1. The summed E-state index contributed by atoms with van der Waals surface area (Å²) in [5.41, 5.74) is 0. The van der Waals surface area contributed by atoms with Crippen LogP contribution < -0.4 is 0 Å². The van der Waals surface area contributed by atoms with Crippen molar-refractivity contribution >= 4 is 23.4 Å². The lowest BCUT2D eigenvalue weighted by molar-refractivity contribution is 0.301. The molecule has 0 saturated carbocycles. The van der Waals surface area contributed by atoms with Crippen LogP contribution in [0, 0.1) is 5.82 Å². The Morgan fingerprint density at radius 2 is 2.00 bits per heavy atom. The first-order valence-electron chi connectivity index (χ1n) is 3.85. The van der Waals surface area contributed by atoms with Crippen LogP contribution in [-0.4, -0.2) is 22.8 Å². The fraction of sp³-hybridized carbons (Fsp3) is 0.333. The summed E-state index contributed by atoms with van der Waals surface area (Å²) < 4.78 is 12.5. The van der Waals surface area contributed by atoms with E-state index in [4.69, 9.17) is 16.7 Å². The van der Waals surface area contributed by atoms with E-state index in [9.17, 15) is 4.39 Å². The van der Waals surface area contributed by atoms with Gasteiger partial charge in [0.25, 0.3) is 0 Å². The van der Waals surface area contributed by atoms with Crippen LogP contribution in [0.25, 0.3) is 0 Å². The topological polar surface area (TPSA) is 20.2 Å². The van der Waals surface area contributed by atoms with Gasteiger partial charge in [-0.3, -0.25) is 0 Å². The van der Waals surface area contributed by atoms with E-state index in [1.807, 2.05) is 0 Å². The van der Waals surface area contributed by atoms with Crippen molar-refractivity contribution in [3.63, 3.8) is 0 Å². The number of aliphatic hydroxyl groups is 1. The molecule has 0 aliphatic heterocycles. The highest BCUT2D eigenvalue weighted by Crippen LogP contribution is 2.23. The summed E-state index contributed by atoms with van der Waals surface area (Å²) in [7, 11) is 0. The van der Waals surface area contributed by atoms with Crippen LogP contribution >= 0.6 is 23.4 Å². The Morgan fingerprint density at radius 1 is 1.38 bits per heavy atom. The SMILES string of the molecule is OCC(CCl)Sc1ccc(F)cc1. The summed E-state index contributed by atoms with van der Waals surface area (Å²) in [6, 6.07) is 6.14. The summed E-state index contributed by atoms with van der Waals surface area (Å²) in [6.07, 6.45) is 0. The van der Waals surface area contributed by atoms with Crippen LogP contribution in [0.5, 0.6) is 0 Å². The van der Waals surface area contributed by atoms with E-state index in [1.54, 1.807) is 12.1 Å². The van der Waals surface area contributed by atoms with E-state index in [2.05, 4.69) is 0 Å². The minimum absolute atomic E-state index is 0.0212. The third-order valence-corrected chi connectivity index (χ3v) is 3.24. The smallest absolute Gasteiger partial charge is 0.123 e. The number of thioether (sulfide) groups is 1. The Labute approximate surface area is 85.9 Å². The lowest BCUT2D eigenvalue weighted by atomic mass is 10.4. The van der Waals surface area contributed by atoms with Crippen molar-refractivity contribution in [1.82, 2.24) is 0 Å². The second kappa shape index (κ2) is 5.47. The molecular weight excluding hydrogens is 211 g/mol. The zero-order valence-corrected chi connectivity index (χ0v) is 8.48. The van der Waals surface area contributed by atoms with Crippen LogP contribution in [0.3, 0.4) is 0 Å². The summed E-state index contributed by atoms with van der Waals surface area (Å²) >= 11 is 7.04. The Balaban J connectivity index is 2.58. The molecule has 1 N–H and O–H groups in total. The molecule has 1 nitrogen and oxygen atoms in total. The van der Waals surface area contributed by atoms with Gasteiger partial charge >= 0.3 is 0 Å². The van der Waals surface area contributed by atoms with Gasteiger partial charge in [-0.15, -0.1) is 23.4 Å². The molecule has 4 heteroatoms. The molecule has 1 atom stereocenters. The van der Waals surface area contributed by atoms with Crippen molar-refractivity contribution in [1.29, 1.82) is 0 Å². The molecule has 13 heavy (non-hydrogen) atoms. The lowest BCUT2D eigenvalue weighted by Gasteiger charge is -2.09. The van der Waals surface area contributed by atoms with Gasteiger partial charge < -0.3 is 5.11 Å². The van der Waals surface area contributed by atoms with Crippen LogP contribution in [0.1, 0.15) is 0 Å². The van der Waals surface area contributed by atoms with E-state index in [0.717, 1.165) is 4.90 Å². The first kappa shape index (κ1) is 10.8. The van der Waals surface area contributed by atoms with Crippen LogP contribution in [0.4, 0.5) is 4.39 Å². The van der Waals surface area contributed by atoms with Gasteiger partial charge in [0.05, 0.1) is 6.61 Å². The van der Waals surface area contributed by atoms with Crippen molar-refractivity contribution in [2.24, 2.45) is 0 Å². The monoisotopic (exact) mass is 220 g/mol. The van der Waals surface area contributed by atoms with Gasteiger partial charge in [-0.25, -0.2) is 4.39 Å². The highest BCUT2D eigenvalue weighted by Gasteiger charge is 2.07. The normalized spacial score (nSPS) is 12.8. The second-order valence-electron chi connectivity index (χ2n) is 2.53. The molecule has 0 heterocycles. The fourth-order valence-corrected chi connectivity index (χ4v) is 1.93. The van der Waals surface area contributed by atoms with Crippen molar-refractivity contribution in [3.05, 3.63) is 30.1 Å². The molecule has 1 rings (SSSR count). The van der Waals surface area contributed by atoms with Crippen LogP contribution in [-0.2, 0) is 0 Å². The highest BCUT2D eigenvalue weighted by atomic mass is 35.5. The first-order chi connectivity index (χ1) is 6.26. The summed E-state index contributed by atoms with van der Waals surface area (Å²) in [4.78, 5) is 0.918. The fourth-order valence-electron chi connectivity index (χ4n) is 0.823. The van der Waals surface area contributed by atoms with Gasteiger partial charge in [-0.05, 0) is 24.3 Å². The largest absolute Gasteiger partial charge is 0.395 e. The Hall–Kier alpha value is -0.250. The third-order valence-electron chi connectivity index (χ3n) is 1.49. The molecule has 0 aliphatic carbocycles. The molecule has 0 radical (unpaired) electrons. The predicted molar refractivity (Wildman–Crippen MR) is 53.9 cm³/mol.